The Hall–Kier alpha value is -0.830. The van der Waals surface area contributed by atoms with Crippen LogP contribution >= 0.6 is 0 Å². The molecule has 2 fully saturated rings. The molecule has 0 bridgehead atoms. The summed E-state index contributed by atoms with van der Waals surface area (Å²) >= 11 is 0. The van der Waals surface area contributed by atoms with Crippen LogP contribution < -0.4 is 5.32 Å². The van der Waals surface area contributed by atoms with Gasteiger partial charge >= 0.3 is 0 Å². The Labute approximate surface area is 110 Å². The maximum Gasteiger partial charge on any atom is 0.107 e. The Balaban J connectivity index is 1.41. The lowest BCUT2D eigenvalue weighted by atomic mass is 9.69. The average molecular weight is 247 g/mol. The summed E-state index contributed by atoms with van der Waals surface area (Å²) in [5.41, 5.74) is 0. The first-order valence-corrected chi connectivity index (χ1v) is 7.63. The van der Waals surface area contributed by atoms with E-state index in [1.165, 1.54) is 44.9 Å². The molecule has 3 rings (SSSR count). The van der Waals surface area contributed by atoms with Crippen molar-refractivity contribution < 1.29 is 0 Å². The Kier molecular flexibility index (Phi) is 3.99. The number of imidazole rings is 1. The summed E-state index contributed by atoms with van der Waals surface area (Å²) < 4.78 is 0. The molecule has 0 aromatic carbocycles. The molecule has 0 spiro atoms. The van der Waals surface area contributed by atoms with Crippen molar-refractivity contribution in [2.75, 3.05) is 6.54 Å². The second-order valence-corrected chi connectivity index (χ2v) is 6.05. The van der Waals surface area contributed by atoms with Crippen LogP contribution in [-0.2, 0) is 6.42 Å². The number of nitrogens with zero attached hydrogens (tertiary/aromatic N) is 1. The molecule has 1 heterocycles. The van der Waals surface area contributed by atoms with Crippen LogP contribution in [0.2, 0.25) is 0 Å². The number of nitrogens with one attached hydrogen (secondary N) is 2. The first-order chi connectivity index (χ1) is 8.92. The van der Waals surface area contributed by atoms with Crippen molar-refractivity contribution in [2.45, 2.75) is 57.4 Å². The molecule has 3 nitrogen and oxygen atoms in total. The van der Waals surface area contributed by atoms with Crippen molar-refractivity contribution in [3.8, 4) is 0 Å². The number of fused-ring (bicyclic) bond motifs is 1. The number of hydrogen-bond donors (Lipinski definition) is 2. The summed E-state index contributed by atoms with van der Waals surface area (Å²) in [5.74, 6) is 3.18. The van der Waals surface area contributed by atoms with Gasteiger partial charge in [-0.05, 0) is 31.1 Å². The molecule has 3 unspecified atom stereocenters. The van der Waals surface area contributed by atoms with E-state index < -0.39 is 0 Å². The van der Waals surface area contributed by atoms with E-state index >= 15 is 0 Å². The van der Waals surface area contributed by atoms with Gasteiger partial charge in [0.25, 0.3) is 0 Å². The van der Waals surface area contributed by atoms with Crippen LogP contribution in [0.5, 0.6) is 0 Å². The van der Waals surface area contributed by atoms with Crippen molar-refractivity contribution >= 4 is 0 Å². The van der Waals surface area contributed by atoms with Crippen LogP contribution in [0.4, 0.5) is 0 Å². The van der Waals surface area contributed by atoms with Gasteiger partial charge in [0.2, 0.25) is 0 Å². The van der Waals surface area contributed by atoms with E-state index in [0.29, 0.717) is 0 Å². The highest BCUT2D eigenvalue weighted by Crippen LogP contribution is 2.40. The zero-order valence-electron chi connectivity index (χ0n) is 11.2. The molecular weight excluding hydrogens is 222 g/mol. The molecule has 0 saturated heterocycles. The SMILES string of the molecule is c1c[nH]c(CCNC2CCC3CCCCC3C2)n1. The van der Waals surface area contributed by atoms with Crippen molar-refractivity contribution in [3.63, 3.8) is 0 Å². The van der Waals surface area contributed by atoms with Crippen LogP contribution in [0, 0.1) is 11.8 Å². The summed E-state index contributed by atoms with van der Waals surface area (Å²) in [6, 6.07) is 0.763. The summed E-state index contributed by atoms with van der Waals surface area (Å²) in [4.78, 5) is 7.44. The monoisotopic (exact) mass is 247 g/mol. The Morgan fingerprint density at radius 1 is 1.17 bits per heavy atom. The van der Waals surface area contributed by atoms with Gasteiger partial charge in [0.05, 0.1) is 0 Å². The highest BCUT2D eigenvalue weighted by atomic mass is 14.9. The van der Waals surface area contributed by atoms with Crippen LogP contribution in [0.25, 0.3) is 0 Å². The quantitative estimate of drug-likeness (QED) is 0.859. The largest absolute Gasteiger partial charge is 0.349 e. The van der Waals surface area contributed by atoms with Crippen molar-refractivity contribution in [3.05, 3.63) is 18.2 Å². The minimum Gasteiger partial charge on any atom is -0.349 e. The number of hydrogen-bond acceptors (Lipinski definition) is 2. The van der Waals surface area contributed by atoms with Crippen molar-refractivity contribution in [2.24, 2.45) is 11.8 Å². The van der Waals surface area contributed by atoms with E-state index in [1.54, 1.807) is 0 Å². The minimum absolute atomic E-state index is 0.763. The van der Waals surface area contributed by atoms with Gasteiger partial charge in [-0.3, -0.25) is 0 Å². The first kappa shape index (κ1) is 12.2. The Morgan fingerprint density at radius 2 is 2.06 bits per heavy atom. The van der Waals surface area contributed by atoms with E-state index in [1.807, 2.05) is 12.4 Å². The highest BCUT2D eigenvalue weighted by molar-refractivity contribution is 4.89. The van der Waals surface area contributed by atoms with Gasteiger partial charge in [-0.1, -0.05) is 25.7 Å². The van der Waals surface area contributed by atoms with Crippen molar-refractivity contribution in [1.29, 1.82) is 0 Å². The topological polar surface area (TPSA) is 40.7 Å². The minimum atomic E-state index is 0.763. The first-order valence-electron chi connectivity index (χ1n) is 7.63. The average Bonchev–Trinajstić information content (AvgIpc) is 2.92. The summed E-state index contributed by atoms with van der Waals surface area (Å²) in [5, 5.41) is 3.73. The number of rotatable bonds is 4. The normalized spacial score (nSPS) is 32.1. The third kappa shape index (κ3) is 2.94. The van der Waals surface area contributed by atoms with Crippen LogP contribution in [0.1, 0.15) is 50.8 Å². The molecule has 1 aromatic heterocycles. The molecule has 18 heavy (non-hydrogen) atoms. The van der Waals surface area contributed by atoms with Crippen molar-refractivity contribution in [1.82, 2.24) is 15.3 Å². The molecular formula is C15H25N3. The third-order valence-electron chi connectivity index (χ3n) is 4.89. The molecule has 3 atom stereocenters. The molecule has 100 valence electrons. The van der Waals surface area contributed by atoms with Crippen LogP contribution in [-0.4, -0.2) is 22.6 Å². The fourth-order valence-corrected chi connectivity index (χ4v) is 3.89. The van der Waals surface area contributed by atoms with Gasteiger partial charge in [-0.15, -0.1) is 0 Å². The van der Waals surface area contributed by atoms with E-state index in [4.69, 9.17) is 0 Å². The summed E-state index contributed by atoms with van der Waals surface area (Å²) in [6.07, 6.45) is 15.0. The molecule has 2 aliphatic carbocycles. The maximum absolute atomic E-state index is 4.27. The molecule has 1 aromatic rings. The molecule has 2 N–H and O–H groups in total. The third-order valence-corrected chi connectivity index (χ3v) is 4.89. The molecule has 0 amide bonds. The lowest BCUT2D eigenvalue weighted by molar-refractivity contribution is 0.144. The summed E-state index contributed by atoms with van der Waals surface area (Å²) in [7, 11) is 0. The molecule has 0 radical (unpaired) electrons. The Morgan fingerprint density at radius 3 is 2.89 bits per heavy atom. The van der Waals surface area contributed by atoms with E-state index in [-0.39, 0.29) is 0 Å². The highest BCUT2D eigenvalue weighted by Gasteiger charge is 2.31. The Bertz CT molecular complexity index is 347. The lowest BCUT2D eigenvalue weighted by Gasteiger charge is -2.39. The molecule has 3 heteroatoms. The lowest BCUT2D eigenvalue weighted by Crippen LogP contribution is -2.39. The van der Waals surface area contributed by atoms with E-state index in [0.717, 1.165) is 36.7 Å². The maximum atomic E-state index is 4.27. The van der Waals surface area contributed by atoms with Crippen LogP contribution in [0.3, 0.4) is 0 Å². The standard InChI is InChI=1S/C15H25N3/c1-2-4-13-11-14(6-5-12(13)3-1)16-8-7-15-17-9-10-18-15/h9-10,12-14,16H,1-8,11H2,(H,17,18). The molecule has 0 aliphatic heterocycles. The fourth-order valence-electron chi connectivity index (χ4n) is 3.89. The summed E-state index contributed by atoms with van der Waals surface area (Å²) in [6.45, 7) is 1.07. The van der Waals surface area contributed by atoms with Gasteiger partial charge in [0.1, 0.15) is 5.82 Å². The zero-order valence-corrected chi connectivity index (χ0v) is 11.2. The van der Waals surface area contributed by atoms with E-state index in [9.17, 15) is 0 Å². The second kappa shape index (κ2) is 5.87. The van der Waals surface area contributed by atoms with Crippen LogP contribution in [0.15, 0.2) is 12.4 Å². The predicted molar refractivity (Wildman–Crippen MR) is 73.4 cm³/mol. The zero-order chi connectivity index (χ0) is 12.2. The van der Waals surface area contributed by atoms with Gasteiger partial charge < -0.3 is 10.3 Å². The predicted octanol–water partition coefficient (Wildman–Crippen LogP) is 2.90. The molecule has 2 aliphatic rings. The fraction of sp³-hybridized carbons (Fsp3) is 0.800. The number of aromatic nitrogens is 2. The number of aromatic amines is 1. The number of H-pyrrole nitrogens is 1. The van der Waals surface area contributed by atoms with E-state index in [2.05, 4.69) is 15.3 Å². The van der Waals surface area contributed by atoms with Gasteiger partial charge in [0.15, 0.2) is 0 Å². The van der Waals surface area contributed by atoms with Gasteiger partial charge in [0, 0.05) is 31.4 Å². The smallest absolute Gasteiger partial charge is 0.107 e. The van der Waals surface area contributed by atoms with Gasteiger partial charge in [-0.25, -0.2) is 4.98 Å². The molecule has 2 saturated carbocycles. The van der Waals surface area contributed by atoms with Gasteiger partial charge in [-0.2, -0.15) is 0 Å². The second-order valence-electron chi connectivity index (χ2n) is 6.05.